The largest absolute Gasteiger partial charge is 0.507 e. The van der Waals surface area contributed by atoms with Crippen molar-refractivity contribution < 1.29 is 9.90 Å². The van der Waals surface area contributed by atoms with Gasteiger partial charge in [-0.15, -0.1) is 0 Å². The van der Waals surface area contributed by atoms with E-state index in [-0.39, 0.29) is 5.75 Å². The number of aromatic hydroxyl groups is 1. The molecule has 0 aliphatic rings. The summed E-state index contributed by atoms with van der Waals surface area (Å²) in [5, 5.41) is 9.82. The van der Waals surface area contributed by atoms with Crippen molar-refractivity contribution in [3.8, 4) is 5.75 Å². The Morgan fingerprint density at radius 3 is 1.69 bits per heavy atom. The zero-order valence-corrected chi connectivity index (χ0v) is 25.8. The van der Waals surface area contributed by atoms with Crippen LogP contribution >= 0.6 is 0 Å². The van der Waals surface area contributed by atoms with Crippen LogP contribution in [-0.2, 0) is 0 Å². The second-order valence-corrected chi connectivity index (χ2v) is 11.7. The fourth-order valence-corrected chi connectivity index (χ4v) is 5.46. The molecule has 2 heteroatoms. The Morgan fingerprint density at radius 2 is 1.13 bits per heavy atom. The van der Waals surface area contributed by atoms with Crippen LogP contribution in [0.4, 0.5) is 0 Å². The monoisotopic (exact) mass is 538 g/mol. The molecule has 0 spiro atoms. The summed E-state index contributed by atoms with van der Waals surface area (Å²) >= 11 is 0. The van der Waals surface area contributed by atoms with Crippen molar-refractivity contribution in [2.24, 2.45) is 5.92 Å². The fourth-order valence-electron chi connectivity index (χ4n) is 5.46. The summed E-state index contributed by atoms with van der Waals surface area (Å²) in [7, 11) is 0. The number of carbonyl (C=O) groups is 1. The number of hydrogen-bond acceptors (Lipinski definition) is 2. The Labute approximate surface area is 242 Å². The van der Waals surface area contributed by atoms with E-state index in [1.54, 1.807) is 12.1 Å². The molecule has 0 bridgehead atoms. The molecule has 0 heterocycles. The zero-order chi connectivity index (χ0) is 28.2. The highest BCUT2D eigenvalue weighted by atomic mass is 16.3. The summed E-state index contributed by atoms with van der Waals surface area (Å²) in [5.41, 5.74) is 1.19. The highest BCUT2D eigenvalue weighted by molar-refractivity contribution is 5.85. The Bertz CT molecular complexity index is 748. The van der Waals surface area contributed by atoms with Gasteiger partial charge in [0, 0.05) is 0 Å². The van der Waals surface area contributed by atoms with E-state index in [1.807, 2.05) is 12.1 Å². The Hall–Kier alpha value is -1.83. The summed E-state index contributed by atoms with van der Waals surface area (Å²) in [4.78, 5) is 11.2. The van der Waals surface area contributed by atoms with Crippen molar-refractivity contribution in [2.75, 3.05) is 0 Å². The average molecular weight is 539 g/mol. The number of benzene rings is 1. The molecule has 0 fully saturated rings. The van der Waals surface area contributed by atoms with Crippen molar-refractivity contribution in [3.63, 3.8) is 0 Å². The second kappa shape index (κ2) is 26.4. The van der Waals surface area contributed by atoms with Gasteiger partial charge in [-0.1, -0.05) is 159 Å². The molecular weight excluding hydrogens is 476 g/mol. The van der Waals surface area contributed by atoms with E-state index in [0.717, 1.165) is 24.2 Å². The molecule has 1 N–H and O–H groups in total. The minimum Gasteiger partial charge on any atom is -0.507 e. The minimum absolute atomic E-state index is 0.0597. The Kier molecular flexibility index (Phi) is 23.8. The zero-order valence-electron chi connectivity index (χ0n) is 25.8. The maximum atomic E-state index is 11.2. The minimum atomic E-state index is 0.0597. The molecule has 2 nitrogen and oxygen atoms in total. The van der Waals surface area contributed by atoms with E-state index in [2.05, 4.69) is 32.1 Å². The third-order valence-corrected chi connectivity index (χ3v) is 8.04. The van der Waals surface area contributed by atoms with Crippen LogP contribution in [-0.4, -0.2) is 11.4 Å². The molecule has 0 radical (unpaired) electrons. The molecule has 0 amide bonds. The van der Waals surface area contributed by atoms with Gasteiger partial charge in [0.15, 0.2) is 6.29 Å². The van der Waals surface area contributed by atoms with Gasteiger partial charge >= 0.3 is 0 Å². The van der Waals surface area contributed by atoms with Gasteiger partial charge in [0.25, 0.3) is 0 Å². The number of unbranched alkanes of at least 4 members (excludes halogenated alkanes) is 18. The summed E-state index contributed by atoms with van der Waals surface area (Å²) in [6, 6.07) is 5.23. The van der Waals surface area contributed by atoms with E-state index < -0.39 is 0 Å². The van der Waals surface area contributed by atoms with Crippen molar-refractivity contribution in [3.05, 3.63) is 47.6 Å². The first-order valence-electron chi connectivity index (χ1n) is 16.8. The lowest BCUT2D eigenvalue weighted by Crippen LogP contribution is -1.97. The van der Waals surface area contributed by atoms with Crippen LogP contribution in [0.5, 0.6) is 5.75 Å². The molecule has 0 aliphatic carbocycles. The Morgan fingerprint density at radius 1 is 0.641 bits per heavy atom. The highest BCUT2D eigenvalue weighted by Crippen LogP contribution is 2.22. The third-order valence-electron chi connectivity index (χ3n) is 8.04. The lowest BCUT2D eigenvalue weighted by atomic mass is 9.93. The van der Waals surface area contributed by atoms with Crippen LogP contribution in [0.15, 0.2) is 36.4 Å². The maximum Gasteiger partial charge on any atom is 0.154 e. The van der Waals surface area contributed by atoms with Gasteiger partial charge in [-0.25, -0.2) is 0 Å². The first-order chi connectivity index (χ1) is 19.2. The molecule has 1 rings (SSSR count). The smallest absolute Gasteiger partial charge is 0.154 e. The molecule has 0 aliphatic heterocycles. The van der Waals surface area contributed by atoms with E-state index in [4.69, 9.17) is 0 Å². The molecule has 1 atom stereocenters. The molecule has 222 valence electrons. The van der Waals surface area contributed by atoms with Crippen LogP contribution in [0.2, 0.25) is 0 Å². The lowest BCUT2D eigenvalue weighted by molar-refractivity contribution is 0.112. The first kappa shape index (κ1) is 35.2. The lowest BCUT2D eigenvalue weighted by Gasteiger charge is -2.13. The number of phenols is 1. The van der Waals surface area contributed by atoms with Gasteiger partial charge < -0.3 is 5.11 Å². The normalized spacial score (nSPS) is 12.6. The summed E-state index contributed by atoms with van der Waals surface area (Å²) in [6.07, 6.45) is 41.0. The predicted octanol–water partition coefficient (Wildman–Crippen LogP) is 12.4. The van der Waals surface area contributed by atoms with Crippen molar-refractivity contribution in [1.82, 2.24) is 0 Å². The number of aldehydes is 1. The van der Waals surface area contributed by atoms with Gasteiger partial charge in [0.2, 0.25) is 0 Å². The highest BCUT2D eigenvalue weighted by Gasteiger charge is 2.06. The third kappa shape index (κ3) is 19.8. The van der Waals surface area contributed by atoms with E-state index in [9.17, 15) is 9.90 Å². The number of hydrogen-bond donors (Lipinski definition) is 1. The van der Waals surface area contributed by atoms with Crippen LogP contribution in [0.25, 0.3) is 6.08 Å². The quantitative estimate of drug-likeness (QED) is 0.0687. The number of phenolic OH excluding ortho intramolecular Hbond substituents is 1. The van der Waals surface area contributed by atoms with Crippen LogP contribution < -0.4 is 0 Å². The van der Waals surface area contributed by atoms with E-state index in [1.165, 1.54) is 141 Å². The van der Waals surface area contributed by atoms with E-state index in [0.29, 0.717) is 5.56 Å². The molecule has 1 unspecified atom stereocenters. The molecule has 0 aromatic heterocycles. The van der Waals surface area contributed by atoms with Gasteiger partial charge in [-0.2, -0.15) is 0 Å². The molecule has 0 saturated carbocycles. The second-order valence-electron chi connectivity index (χ2n) is 11.7. The van der Waals surface area contributed by atoms with Crippen molar-refractivity contribution in [1.29, 1.82) is 0 Å². The standard InChI is InChI=1S/C37H62O2/c1-3-5-7-9-10-11-12-13-14-15-16-19-23-28-34(27-22-18-8-6-4-2)29-24-20-17-21-25-30-35-31-26-32-37(39)36(35)33-38/h23,25-26,28,30-34,39H,3-22,24,27,29H2,1-2H3. The molecular formula is C37H62O2. The SMILES string of the molecule is CCCCCCCCCCCCCC=CC(CCCCCC=Cc1cccc(O)c1C=O)CCCCCCC. The van der Waals surface area contributed by atoms with Gasteiger partial charge in [0.05, 0.1) is 5.56 Å². The molecule has 39 heavy (non-hydrogen) atoms. The van der Waals surface area contributed by atoms with Crippen molar-refractivity contribution in [2.45, 2.75) is 162 Å². The summed E-state index contributed by atoms with van der Waals surface area (Å²) in [6.45, 7) is 4.58. The maximum absolute atomic E-state index is 11.2. The molecule has 0 saturated heterocycles. The first-order valence-corrected chi connectivity index (χ1v) is 16.8. The number of allylic oxidation sites excluding steroid dienone is 3. The van der Waals surface area contributed by atoms with Crippen LogP contribution in [0.3, 0.4) is 0 Å². The summed E-state index contributed by atoms with van der Waals surface area (Å²) in [5.74, 6) is 0.807. The van der Waals surface area contributed by atoms with Gasteiger partial charge in [-0.3, -0.25) is 4.79 Å². The summed E-state index contributed by atoms with van der Waals surface area (Å²) < 4.78 is 0. The van der Waals surface area contributed by atoms with E-state index >= 15 is 0 Å². The van der Waals surface area contributed by atoms with Crippen molar-refractivity contribution >= 4 is 12.4 Å². The fraction of sp³-hybridized carbons (Fsp3) is 0.703. The van der Waals surface area contributed by atoms with Gasteiger partial charge in [0.1, 0.15) is 5.75 Å². The molecule has 1 aromatic carbocycles. The van der Waals surface area contributed by atoms with Crippen LogP contribution in [0.1, 0.15) is 177 Å². The van der Waals surface area contributed by atoms with Gasteiger partial charge in [-0.05, 0) is 56.1 Å². The Balaban J connectivity index is 2.23. The average Bonchev–Trinajstić information content (AvgIpc) is 2.94. The topological polar surface area (TPSA) is 37.3 Å². The molecule has 1 aromatic rings. The van der Waals surface area contributed by atoms with Crippen LogP contribution in [0, 0.1) is 5.92 Å². The number of carbonyl (C=O) groups excluding carboxylic acids is 1. The predicted molar refractivity (Wildman–Crippen MR) is 173 cm³/mol. The number of rotatable bonds is 27.